The van der Waals surface area contributed by atoms with Crippen LogP contribution in [0.3, 0.4) is 0 Å². The SMILES string of the molecule is C.CCn1ncc2c(C)c(C(=O)Nc3ccc(F)cc3)cnc21.N[C@H]1CCOC1. The Kier molecular flexibility index (Phi) is 7.81. The lowest BCUT2D eigenvalue weighted by atomic mass is 10.1. The Morgan fingerprint density at radius 1 is 1.34 bits per heavy atom. The first kappa shape index (κ1) is 22.4. The molecular formula is C21H28FN5O2. The number of fused-ring (bicyclic) bond motifs is 1. The van der Waals surface area contributed by atoms with E-state index in [0.717, 1.165) is 42.8 Å². The Morgan fingerprint density at radius 3 is 2.62 bits per heavy atom. The maximum atomic E-state index is 12.9. The number of ether oxygens (including phenoxy) is 1. The molecule has 1 aromatic carbocycles. The van der Waals surface area contributed by atoms with Crippen molar-refractivity contribution in [2.24, 2.45) is 5.73 Å². The number of anilines is 1. The van der Waals surface area contributed by atoms with Crippen LogP contribution in [-0.4, -0.2) is 39.9 Å². The summed E-state index contributed by atoms with van der Waals surface area (Å²) in [7, 11) is 0. The predicted molar refractivity (Wildman–Crippen MR) is 112 cm³/mol. The molecule has 0 unspecified atom stereocenters. The fourth-order valence-electron chi connectivity index (χ4n) is 2.89. The number of pyridine rings is 1. The van der Waals surface area contributed by atoms with Gasteiger partial charge in [0, 0.05) is 36.5 Å². The maximum absolute atomic E-state index is 12.9. The summed E-state index contributed by atoms with van der Waals surface area (Å²) in [6.07, 6.45) is 4.31. The summed E-state index contributed by atoms with van der Waals surface area (Å²) in [5.41, 5.74) is 8.01. The molecule has 2 aromatic heterocycles. The monoisotopic (exact) mass is 401 g/mol. The van der Waals surface area contributed by atoms with E-state index in [1.807, 2.05) is 13.8 Å². The summed E-state index contributed by atoms with van der Waals surface area (Å²) < 4.78 is 19.6. The molecule has 4 rings (SSSR count). The highest BCUT2D eigenvalue weighted by molar-refractivity contribution is 6.07. The van der Waals surface area contributed by atoms with E-state index >= 15 is 0 Å². The Labute approximate surface area is 170 Å². The Balaban J connectivity index is 0.000000369. The fraction of sp³-hybridized carbons (Fsp3) is 0.381. The lowest BCUT2D eigenvalue weighted by Crippen LogP contribution is -2.18. The van der Waals surface area contributed by atoms with Crippen molar-refractivity contribution in [3.8, 4) is 0 Å². The van der Waals surface area contributed by atoms with Gasteiger partial charge in [-0.15, -0.1) is 0 Å². The molecule has 0 aliphatic carbocycles. The molecule has 29 heavy (non-hydrogen) atoms. The molecule has 7 nitrogen and oxygen atoms in total. The zero-order valence-corrected chi connectivity index (χ0v) is 16.0. The van der Waals surface area contributed by atoms with E-state index in [1.54, 1.807) is 17.1 Å². The van der Waals surface area contributed by atoms with Gasteiger partial charge in [-0.1, -0.05) is 7.43 Å². The number of hydrogen-bond acceptors (Lipinski definition) is 5. The molecule has 3 N–H and O–H groups in total. The topological polar surface area (TPSA) is 95.1 Å². The molecule has 156 valence electrons. The zero-order valence-electron chi connectivity index (χ0n) is 16.0. The largest absolute Gasteiger partial charge is 0.380 e. The van der Waals surface area contributed by atoms with Crippen LogP contribution in [0.1, 0.15) is 36.7 Å². The van der Waals surface area contributed by atoms with Gasteiger partial charge in [-0.3, -0.25) is 4.79 Å². The molecule has 3 heterocycles. The van der Waals surface area contributed by atoms with E-state index in [9.17, 15) is 9.18 Å². The normalized spacial score (nSPS) is 15.4. The highest BCUT2D eigenvalue weighted by Gasteiger charge is 2.15. The molecule has 8 heteroatoms. The van der Waals surface area contributed by atoms with E-state index in [-0.39, 0.29) is 19.2 Å². The second-order valence-electron chi connectivity index (χ2n) is 6.58. The summed E-state index contributed by atoms with van der Waals surface area (Å²) >= 11 is 0. The van der Waals surface area contributed by atoms with Crippen LogP contribution in [0, 0.1) is 12.7 Å². The molecule has 3 aromatic rings. The summed E-state index contributed by atoms with van der Waals surface area (Å²) in [4.78, 5) is 16.7. The van der Waals surface area contributed by atoms with Gasteiger partial charge in [-0.2, -0.15) is 5.10 Å². The molecule has 1 aliphatic heterocycles. The van der Waals surface area contributed by atoms with Crippen LogP contribution in [0.4, 0.5) is 10.1 Å². The predicted octanol–water partition coefficient (Wildman–Crippen LogP) is 3.52. The number of rotatable bonds is 3. The molecule has 0 radical (unpaired) electrons. The minimum Gasteiger partial charge on any atom is -0.380 e. The summed E-state index contributed by atoms with van der Waals surface area (Å²) in [5, 5.41) is 7.84. The minimum atomic E-state index is -0.343. The van der Waals surface area contributed by atoms with Crippen molar-refractivity contribution in [2.75, 3.05) is 18.5 Å². The van der Waals surface area contributed by atoms with Gasteiger partial charge in [-0.05, 0) is 50.1 Å². The molecule has 0 saturated carbocycles. The number of benzene rings is 1. The van der Waals surface area contributed by atoms with Crippen molar-refractivity contribution in [3.63, 3.8) is 0 Å². The van der Waals surface area contributed by atoms with Crippen LogP contribution < -0.4 is 11.1 Å². The lowest BCUT2D eigenvalue weighted by Gasteiger charge is -2.08. The summed E-state index contributed by atoms with van der Waals surface area (Å²) in [6, 6.07) is 5.96. The Morgan fingerprint density at radius 2 is 2.07 bits per heavy atom. The van der Waals surface area contributed by atoms with Crippen molar-refractivity contribution >= 4 is 22.6 Å². The Hall–Kier alpha value is -2.84. The molecule has 1 saturated heterocycles. The van der Waals surface area contributed by atoms with Crippen molar-refractivity contribution in [1.29, 1.82) is 0 Å². The van der Waals surface area contributed by atoms with Crippen LogP contribution in [0.25, 0.3) is 11.0 Å². The highest BCUT2D eigenvalue weighted by atomic mass is 19.1. The third-order valence-corrected chi connectivity index (χ3v) is 4.55. The smallest absolute Gasteiger partial charge is 0.257 e. The Bertz CT molecular complexity index is 950. The van der Waals surface area contributed by atoms with Crippen molar-refractivity contribution in [2.45, 2.75) is 40.3 Å². The van der Waals surface area contributed by atoms with Crippen molar-refractivity contribution in [3.05, 3.63) is 53.6 Å². The second kappa shape index (κ2) is 10.1. The number of nitrogens with two attached hydrogens (primary N) is 1. The molecular weight excluding hydrogens is 373 g/mol. The van der Waals surface area contributed by atoms with Crippen molar-refractivity contribution in [1.82, 2.24) is 14.8 Å². The average Bonchev–Trinajstić information content (AvgIpc) is 3.33. The first-order valence-electron chi connectivity index (χ1n) is 9.21. The van der Waals surface area contributed by atoms with E-state index in [0.29, 0.717) is 17.3 Å². The number of nitrogens with zero attached hydrogens (tertiary/aromatic N) is 3. The molecule has 1 atom stereocenters. The number of hydrogen-bond donors (Lipinski definition) is 2. The summed E-state index contributed by atoms with van der Waals surface area (Å²) in [6.45, 7) is 6.20. The number of carbonyl (C=O) groups excluding carboxylic acids is 1. The van der Waals surface area contributed by atoms with Crippen molar-refractivity contribution < 1.29 is 13.9 Å². The number of amides is 1. The van der Waals surface area contributed by atoms with Gasteiger partial charge in [0.15, 0.2) is 5.65 Å². The van der Waals surface area contributed by atoms with Gasteiger partial charge in [-0.25, -0.2) is 14.1 Å². The fourth-order valence-corrected chi connectivity index (χ4v) is 2.89. The molecule has 1 amide bonds. The van der Waals surface area contributed by atoms with Gasteiger partial charge in [0.2, 0.25) is 0 Å². The number of aryl methyl sites for hydroxylation is 2. The van der Waals surface area contributed by atoms with E-state index in [2.05, 4.69) is 15.4 Å². The average molecular weight is 401 g/mol. The maximum Gasteiger partial charge on any atom is 0.257 e. The minimum absolute atomic E-state index is 0. The quantitative estimate of drug-likeness (QED) is 0.700. The molecule has 1 aliphatic rings. The highest BCUT2D eigenvalue weighted by Crippen LogP contribution is 2.20. The summed E-state index contributed by atoms with van der Waals surface area (Å²) in [5.74, 6) is -0.619. The third kappa shape index (κ3) is 5.36. The first-order valence-corrected chi connectivity index (χ1v) is 9.21. The number of carbonyl (C=O) groups is 1. The van der Waals surface area contributed by atoms with E-state index in [1.165, 1.54) is 24.3 Å². The first-order chi connectivity index (χ1) is 13.5. The lowest BCUT2D eigenvalue weighted by molar-refractivity contribution is 0.102. The van der Waals surface area contributed by atoms with Crippen LogP contribution in [0.15, 0.2) is 36.7 Å². The van der Waals surface area contributed by atoms with E-state index < -0.39 is 0 Å². The number of halogens is 1. The van der Waals surface area contributed by atoms with Gasteiger partial charge in [0.1, 0.15) is 5.82 Å². The van der Waals surface area contributed by atoms with Gasteiger partial charge < -0.3 is 15.8 Å². The van der Waals surface area contributed by atoms with Crippen LogP contribution >= 0.6 is 0 Å². The molecule has 0 bridgehead atoms. The molecule has 0 spiro atoms. The molecule has 1 fully saturated rings. The zero-order chi connectivity index (χ0) is 20.1. The van der Waals surface area contributed by atoms with Gasteiger partial charge in [0.25, 0.3) is 5.91 Å². The van der Waals surface area contributed by atoms with Crippen LogP contribution in [-0.2, 0) is 11.3 Å². The van der Waals surface area contributed by atoms with E-state index in [4.69, 9.17) is 10.5 Å². The van der Waals surface area contributed by atoms with Gasteiger partial charge in [0.05, 0.1) is 18.4 Å². The van der Waals surface area contributed by atoms with Crippen LogP contribution in [0.2, 0.25) is 0 Å². The number of aromatic nitrogens is 3. The second-order valence-corrected chi connectivity index (χ2v) is 6.58. The third-order valence-electron chi connectivity index (χ3n) is 4.55. The number of nitrogens with one attached hydrogen (secondary N) is 1. The van der Waals surface area contributed by atoms with Crippen LogP contribution in [0.5, 0.6) is 0 Å². The standard InChI is InChI=1S/C16H15FN4O.C4H9NO.CH4/c1-3-21-15-13(9-19-21)10(2)14(8-18-15)16(22)20-12-6-4-11(17)5-7-12;5-4-1-2-6-3-4;/h4-9H,3H2,1-2H3,(H,20,22);4H,1-3,5H2;1H4/t;4-;/m.0./s1. The van der Waals surface area contributed by atoms with Gasteiger partial charge >= 0.3 is 0 Å².